The molecule has 0 saturated heterocycles. The van der Waals surface area contributed by atoms with E-state index in [4.69, 9.17) is 0 Å². The van der Waals surface area contributed by atoms with Crippen LogP contribution in [0.2, 0.25) is 0 Å². The summed E-state index contributed by atoms with van der Waals surface area (Å²) >= 11 is 3.45. The molecule has 0 saturated carbocycles. The highest BCUT2D eigenvalue weighted by atomic mass is 79.9. The van der Waals surface area contributed by atoms with Crippen molar-refractivity contribution in [2.75, 3.05) is 0 Å². The normalized spacial score (nSPS) is 10.9. The van der Waals surface area contributed by atoms with Gasteiger partial charge in [0.15, 0.2) is 0 Å². The summed E-state index contributed by atoms with van der Waals surface area (Å²) in [6.07, 6.45) is 0. The van der Waals surface area contributed by atoms with E-state index >= 15 is 0 Å². The lowest BCUT2D eigenvalue weighted by atomic mass is 10.2. The summed E-state index contributed by atoms with van der Waals surface area (Å²) in [4.78, 5) is 0. The number of aromatic nitrogens is 1. The molecule has 0 amide bonds. The summed E-state index contributed by atoms with van der Waals surface area (Å²) in [7, 11) is 2.01. The van der Waals surface area contributed by atoms with Gasteiger partial charge >= 0.3 is 0 Å². The number of hydrogen-bond donors (Lipinski definition) is 0. The molecule has 0 aliphatic carbocycles. The summed E-state index contributed by atoms with van der Waals surface area (Å²) in [5.74, 6) is 0. The second kappa shape index (κ2) is 2.74. The fourth-order valence-electron chi connectivity index (χ4n) is 1.54. The number of nitrogens with zero attached hydrogens (tertiary/aromatic N) is 1. The Bertz CT molecular complexity index is 566. The Morgan fingerprint density at radius 2 is 2.00 bits per heavy atom. The van der Waals surface area contributed by atoms with Crippen molar-refractivity contribution in [2.45, 2.75) is 0 Å². The molecule has 2 aromatic rings. The van der Waals surface area contributed by atoms with Gasteiger partial charge in [-0.1, -0.05) is 35.2 Å². The Morgan fingerprint density at radius 3 is 2.69 bits per heavy atom. The van der Waals surface area contributed by atoms with Crippen molar-refractivity contribution in [1.29, 1.82) is 0 Å². The third-order valence-corrected chi connectivity index (χ3v) is 2.89. The van der Waals surface area contributed by atoms with Crippen molar-refractivity contribution in [3.8, 4) is 0 Å². The van der Waals surface area contributed by atoms with Crippen LogP contribution >= 0.6 is 15.9 Å². The Labute approximate surface area is 85.1 Å². The number of aryl methyl sites for hydroxylation is 1. The first-order valence-electron chi connectivity index (χ1n) is 4.03. The lowest BCUT2D eigenvalue weighted by Crippen LogP contribution is -2.24. The van der Waals surface area contributed by atoms with Crippen LogP contribution in [-0.4, -0.2) is 4.57 Å². The number of halogens is 1. The van der Waals surface area contributed by atoms with Crippen molar-refractivity contribution >= 4 is 40.0 Å². The lowest BCUT2D eigenvalue weighted by Gasteiger charge is -1.96. The van der Waals surface area contributed by atoms with Crippen LogP contribution in [0.3, 0.4) is 0 Å². The van der Waals surface area contributed by atoms with E-state index in [1.54, 1.807) is 0 Å². The maximum atomic E-state index is 4.00. The van der Waals surface area contributed by atoms with E-state index in [0.29, 0.717) is 0 Å². The van der Waals surface area contributed by atoms with Crippen LogP contribution in [0.1, 0.15) is 0 Å². The minimum Gasteiger partial charge on any atom is -0.344 e. The van der Waals surface area contributed by atoms with Gasteiger partial charge in [0.05, 0.1) is 0 Å². The largest absolute Gasteiger partial charge is 0.344 e. The SMILES string of the molecule is C=c1c(=C)n(C)c2cc(Br)ccc12. The zero-order valence-corrected chi connectivity index (χ0v) is 9.06. The number of fused-ring (bicyclic) bond motifs is 1. The molecule has 2 rings (SSSR count). The molecule has 0 aliphatic rings. The van der Waals surface area contributed by atoms with Gasteiger partial charge in [0.2, 0.25) is 0 Å². The van der Waals surface area contributed by atoms with E-state index in [0.717, 1.165) is 15.0 Å². The Hall–Kier alpha value is -1.02. The summed E-state index contributed by atoms with van der Waals surface area (Å²) in [5.41, 5.74) is 1.17. The van der Waals surface area contributed by atoms with E-state index in [-0.39, 0.29) is 0 Å². The molecule has 0 unspecified atom stereocenters. The number of hydrogen-bond acceptors (Lipinski definition) is 0. The average molecular weight is 236 g/mol. The lowest BCUT2D eigenvalue weighted by molar-refractivity contribution is 0.928. The first kappa shape index (κ1) is 8.57. The predicted molar refractivity (Wildman–Crippen MR) is 60.9 cm³/mol. The molecule has 1 aromatic heterocycles. The molecule has 0 spiro atoms. The first-order chi connectivity index (χ1) is 6.11. The minimum absolute atomic E-state index is 0.980. The van der Waals surface area contributed by atoms with Gasteiger partial charge in [-0.15, -0.1) is 0 Å². The molecule has 0 aliphatic heterocycles. The highest BCUT2D eigenvalue weighted by Gasteiger charge is 2.01. The van der Waals surface area contributed by atoms with Gasteiger partial charge in [0, 0.05) is 27.8 Å². The molecular weight excluding hydrogens is 226 g/mol. The number of rotatable bonds is 0. The van der Waals surface area contributed by atoms with Gasteiger partial charge in [-0.25, -0.2) is 0 Å². The van der Waals surface area contributed by atoms with Crippen LogP contribution in [0.25, 0.3) is 24.1 Å². The van der Waals surface area contributed by atoms with Crippen molar-refractivity contribution in [3.63, 3.8) is 0 Å². The Morgan fingerprint density at radius 1 is 1.31 bits per heavy atom. The zero-order chi connectivity index (χ0) is 9.59. The Kier molecular flexibility index (Phi) is 1.81. The summed E-state index contributed by atoms with van der Waals surface area (Å²) in [6, 6.07) is 6.17. The molecule has 13 heavy (non-hydrogen) atoms. The molecule has 0 radical (unpaired) electrons. The van der Waals surface area contributed by atoms with Crippen LogP contribution in [-0.2, 0) is 7.05 Å². The molecule has 1 heterocycles. The standard InChI is InChI=1S/C11H10BrN/c1-7-8(2)13(3)11-6-9(12)4-5-10(7)11/h4-6H,1-2H2,3H3. The van der Waals surface area contributed by atoms with Crippen LogP contribution in [0.5, 0.6) is 0 Å². The van der Waals surface area contributed by atoms with Gasteiger partial charge < -0.3 is 4.57 Å². The minimum atomic E-state index is 0.980. The topological polar surface area (TPSA) is 4.93 Å². The Balaban J connectivity index is 3.13. The monoisotopic (exact) mass is 235 g/mol. The van der Waals surface area contributed by atoms with Crippen LogP contribution < -0.4 is 10.6 Å². The quantitative estimate of drug-likeness (QED) is 0.656. The van der Waals surface area contributed by atoms with Gasteiger partial charge in [-0.05, 0) is 17.4 Å². The number of benzene rings is 1. The molecule has 1 aromatic carbocycles. The van der Waals surface area contributed by atoms with Gasteiger partial charge in [0.25, 0.3) is 0 Å². The van der Waals surface area contributed by atoms with Crippen molar-refractivity contribution in [2.24, 2.45) is 7.05 Å². The van der Waals surface area contributed by atoms with Gasteiger partial charge in [-0.2, -0.15) is 0 Å². The molecule has 0 bridgehead atoms. The average Bonchev–Trinajstić information content (AvgIpc) is 2.32. The maximum Gasteiger partial charge on any atom is 0.0499 e. The third kappa shape index (κ3) is 1.13. The van der Waals surface area contributed by atoms with Crippen LogP contribution in [0, 0.1) is 0 Å². The first-order valence-corrected chi connectivity index (χ1v) is 4.82. The van der Waals surface area contributed by atoms with Crippen LogP contribution in [0.15, 0.2) is 22.7 Å². The smallest absolute Gasteiger partial charge is 0.0499 e. The van der Waals surface area contributed by atoms with E-state index in [9.17, 15) is 0 Å². The second-order valence-electron chi connectivity index (χ2n) is 3.15. The second-order valence-corrected chi connectivity index (χ2v) is 4.06. The van der Waals surface area contributed by atoms with Gasteiger partial charge in [0.1, 0.15) is 0 Å². The summed E-state index contributed by atoms with van der Waals surface area (Å²) in [5, 5.41) is 3.17. The van der Waals surface area contributed by atoms with Crippen molar-refractivity contribution in [3.05, 3.63) is 33.2 Å². The van der Waals surface area contributed by atoms with E-state index in [2.05, 4.69) is 45.8 Å². The van der Waals surface area contributed by atoms with Crippen molar-refractivity contribution in [1.82, 2.24) is 4.57 Å². The molecule has 2 heteroatoms. The maximum absolute atomic E-state index is 4.00. The van der Waals surface area contributed by atoms with Crippen molar-refractivity contribution < 1.29 is 0 Å². The summed E-state index contributed by atoms with van der Waals surface area (Å²) in [6.45, 7) is 7.97. The summed E-state index contributed by atoms with van der Waals surface area (Å²) < 4.78 is 3.14. The molecule has 0 atom stereocenters. The van der Waals surface area contributed by atoms with E-state index < -0.39 is 0 Å². The van der Waals surface area contributed by atoms with Crippen LogP contribution in [0.4, 0.5) is 0 Å². The highest BCUT2D eigenvalue weighted by molar-refractivity contribution is 9.10. The van der Waals surface area contributed by atoms with Gasteiger partial charge in [-0.3, -0.25) is 0 Å². The molecule has 0 fully saturated rings. The fourth-order valence-corrected chi connectivity index (χ4v) is 1.89. The fraction of sp³-hybridized carbons (Fsp3) is 0.0909. The molecular formula is C11H10BrN. The predicted octanol–water partition coefficient (Wildman–Crippen LogP) is 1.76. The van der Waals surface area contributed by atoms with E-state index in [1.165, 1.54) is 10.9 Å². The molecule has 0 N–H and O–H groups in total. The zero-order valence-electron chi connectivity index (χ0n) is 7.47. The highest BCUT2D eigenvalue weighted by Crippen LogP contribution is 2.15. The third-order valence-electron chi connectivity index (χ3n) is 2.40. The van der Waals surface area contributed by atoms with E-state index in [1.807, 2.05) is 13.1 Å². The molecule has 1 nitrogen and oxygen atoms in total. The molecule has 66 valence electrons.